The molecule has 0 saturated heterocycles. The number of aromatic nitrogens is 2. The lowest BCUT2D eigenvalue weighted by molar-refractivity contribution is -0.130. The number of nitrogens with one attached hydrogen (secondary N) is 3. The van der Waals surface area contributed by atoms with Crippen LogP contribution in [0, 0.1) is 0 Å². The molecule has 0 radical (unpaired) electrons. The number of hydrogen-bond acceptors (Lipinski definition) is 6. The first-order valence-corrected chi connectivity index (χ1v) is 11.2. The van der Waals surface area contributed by atoms with Crippen LogP contribution in [0.2, 0.25) is 0 Å². The van der Waals surface area contributed by atoms with E-state index >= 15 is 0 Å². The molecule has 0 fully saturated rings. The highest BCUT2D eigenvalue weighted by atomic mass is 16.5. The fourth-order valence-electron chi connectivity index (χ4n) is 3.44. The summed E-state index contributed by atoms with van der Waals surface area (Å²) in [6.07, 6.45) is -0.0957. The minimum atomic E-state index is -0.611. The summed E-state index contributed by atoms with van der Waals surface area (Å²) in [5, 5.41) is 0.346. The second kappa shape index (κ2) is 11.5. The number of para-hydroxylation sites is 1. The third kappa shape index (κ3) is 6.38. The van der Waals surface area contributed by atoms with Gasteiger partial charge in [0, 0.05) is 13.0 Å². The Balaban J connectivity index is 1.20. The van der Waals surface area contributed by atoms with Crippen LogP contribution < -0.4 is 31.6 Å². The first-order chi connectivity index (χ1) is 17.5. The van der Waals surface area contributed by atoms with E-state index in [0.29, 0.717) is 29.0 Å². The lowest BCUT2D eigenvalue weighted by Crippen LogP contribution is -2.44. The van der Waals surface area contributed by atoms with Crippen LogP contribution in [-0.4, -0.2) is 28.0 Å². The number of fused-ring (bicyclic) bond motifs is 1. The molecule has 2 amide bonds. The molecule has 0 aliphatic heterocycles. The van der Waals surface area contributed by atoms with E-state index in [9.17, 15) is 19.2 Å². The van der Waals surface area contributed by atoms with Crippen molar-refractivity contribution in [1.82, 2.24) is 20.4 Å². The number of benzene rings is 3. The molecular weight excluding hydrogens is 464 g/mol. The van der Waals surface area contributed by atoms with Crippen molar-refractivity contribution in [2.24, 2.45) is 0 Å². The number of H-pyrrole nitrogens is 1. The van der Waals surface area contributed by atoms with Crippen LogP contribution in [0.4, 0.5) is 0 Å². The number of carbonyl (C=O) groups is 2. The Kier molecular flexibility index (Phi) is 7.76. The molecule has 10 nitrogen and oxygen atoms in total. The average Bonchev–Trinajstić information content (AvgIpc) is 2.90. The molecule has 4 rings (SSSR count). The highest BCUT2D eigenvalue weighted by Crippen LogP contribution is 2.18. The maximum Gasteiger partial charge on any atom is 0.328 e. The van der Waals surface area contributed by atoms with E-state index in [-0.39, 0.29) is 19.6 Å². The number of hydrazine groups is 1. The predicted octanol–water partition coefficient (Wildman–Crippen LogP) is 1.89. The number of amides is 2. The van der Waals surface area contributed by atoms with Gasteiger partial charge in [-0.3, -0.25) is 34.8 Å². The zero-order valence-corrected chi connectivity index (χ0v) is 19.2. The van der Waals surface area contributed by atoms with Gasteiger partial charge >= 0.3 is 5.69 Å². The van der Waals surface area contributed by atoms with Gasteiger partial charge in [-0.25, -0.2) is 4.79 Å². The lowest BCUT2D eigenvalue weighted by Gasteiger charge is -2.11. The Morgan fingerprint density at radius 3 is 2.17 bits per heavy atom. The van der Waals surface area contributed by atoms with Gasteiger partial charge in [-0.05, 0) is 42.0 Å². The number of nitrogens with zero attached hydrogens (tertiary/aromatic N) is 1. The molecule has 4 aromatic rings. The summed E-state index contributed by atoms with van der Waals surface area (Å²) >= 11 is 0. The van der Waals surface area contributed by atoms with Gasteiger partial charge in [-0.15, -0.1) is 0 Å². The fourth-order valence-corrected chi connectivity index (χ4v) is 3.44. The lowest BCUT2D eigenvalue weighted by atomic mass is 10.2. The minimum absolute atomic E-state index is 0.0209. The van der Waals surface area contributed by atoms with E-state index in [2.05, 4.69) is 15.8 Å². The Hall–Kier alpha value is -4.86. The number of aryl methyl sites for hydroxylation is 1. The van der Waals surface area contributed by atoms with Gasteiger partial charge in [0.25, 0.3) is 11.5 Å². The summed E-state index contributed by atoms with van der Waals surface area (Å²) < 4.78 is 12.4. The van der Waals surface area contributed by atoms with Gasteiger partial charge < -0.3 is 9.47 Å². The number of hydrogen-bond donors (Lipinski definition) is 3. The van der Waals surface area contributed by atoms with Crippen LogP contribution in [0.3, 0.4) is 0 Å². The van der Waals surface area contributed by atoms with E-state index < -0.39 is 23.1 Å². The Labute approximate surface area is 205 Å². The standard InChI is InChI=1S/C26H24N4O6/c31-23(14-15-30-22-9-5-4-8-21(22)25(33)27-26(30)34)28-29-24(32)17-36-20-12-10-19(11-13-20)35-16-18-6-2-1-3-7-18/h1-13H,14-17H2,(H,28,31)(H,29,32)(H,27,33,34). The van der Waals surface area contributed by atoms with Crippen LogP contribution in [0.25, 0.3) is 10.9 Å². The summed E-state index contributed by atoms with van der Waals surface area (Å²) in [5.74, 6) is 0.0648. The molecular formula is C26H24N4O6. The predicted molar refractivity (Wildman–Crippen MR) is 132 cm³/mol. The van der Waals surface area contributed by atoms with E-state index in [1.165, 1.54) is 4.57 Å². The summed E-state index contributed by atoms with van der Waals surface area (Å²) in [6.45, 7) is 0.151. The Bertz CT molecular complexity index is 1460. The zero-order valence-electron chi connectivity index (χ0n) is 19.2. The molecule has 1 heterocycles. The molecule has 1 aromatic heterocycles. The van der Waals surface area contributed by atoms with E-state index in [1.807, 2.05) is 30.3 Å². The van der Waals surface area contributed by atoms with Gasteiger partial charge in [0.05, 0.1) is 10.9 Å². The molecule has 10 heteroatoms. The fraction of sp³-hybridized carbons (Fsp3) is 0.154. The van der Waals surface area contributed by atoms with Crippen molar-refractivity contribution in [1.29, 1.82) is 0 Å². The van der Waals surface area contributed by atoms with Crippen LogP contribution in [0.5, 0.6) is 11.5 Å². The van der Waals surface area contributed by atoms with Crippen molar-refractivity contribution >= 4 is 22.7 Å². The van der Waals surface area contributed by atoms with Crippen molar-refractivity contribution in [2.45, 2.75) is 19.6 Å². The van der Waals surface area contributed by atoms with Crippen molar-refractivity contribution in [3.8, 4) is 11.5 Å². The van der Waals surface area contributed by atoms with Crippen LogP contribution >= 0.6 is 0 Å². The molecule has 0 spiro atoms. The smallest absolute Gasteiger partial charge is 0.328 e. The van der Waals surface area contributed by atoms with E-state index in [4.69, 9.17) is 9.47 Å². The zero-order chi connectivity index (χ0) is 25.3. The van der Waals surface area contributed by atoms with E-state index in [1.54, 1.807) is 48.5 Å². The topological polar surface area (TPSA) is 132 Å². The van der Waals surface area contributed by atoms with Crippen molar-refractivity contribution in [3.05, 3.63) is 105 Å². The third-order valence-electron chi connectivity index (χ3n) is 5.25. The summed E-state index contributed by atoms with van der Waals surface area (Å²) in [4.78, 5) is 50.5. The molecule has 3 N–H and O–H groups in total. The Morgan fingerprint density at radius 2 is 1.42 bits per heavy atom. The van der Waals surface area contributed by atoms with Crippen LogP contribution in [0.1, 0.15) is 12.0 Å². The quantitative estimate of drug-likeness (QED) is 0.308. The molecule has 0 aliphatic carbocycles. The second-order valence-electron chi connectivity index (χ2n) is 7.81. The normalized spacial score (nSPS) is 10.6. The monoisotopic (exact) mass is 488 g/mol. The molecule has 0 bridgehead atoms. The van der Waals surface area contributed by atoms with Gasteiger partial charge in [0.1, 0.15) is 18.1 Å². The first-order valence-electron chi connectivity index (χ1n) is 11.2. The number of aromatic amines is 1. The molecule has 0 atom stereocenters. The maximum atomic E-state index is 12.2. The molecule has 3 aromatic carbocycles. The number of carbonyl (C=O) groups excluding carboxylic acids is 2. The highest BCUT2D eigenvalue weighted by molar-refractivity contribution is 5.83. The summed E-state index contributed by atoms with van der Waals surface area (Å²) in [6, 6.07) is 23.2. The van der Waals surface area contributed by atoms with Gasteiger partial charge in [0.2, 0.25) is 5.91 Å². The molecule has 184 valence electrons. The Morgan fingerprint density at radius 1 is 0.778 bits per heavy atom. The van der Waals surface area contributed by atoms with Crippen LogP contribution in [0.15, 0.2) is 88.5 Å². The molecule has 36 heavy (non-hydrogen) atoms. The highest BCUT2D eigenvalue weighted by Gasteiger charge is 2.10. The second-order valence-corrected chi connectivity index (χ2v) is 7.81. The van der Waals surface area contributed by atoms with Crippen molar-refractivity contribution in [3.63, 3.8) is 0 Å². The third-order valence-corrected chi connectivity index (χ3v) is 5.25. The van der Waals surface area contributed by atoms with E-state index in [0.717, 1.165) is 5.56 Å². The number of ether oxygens (including phenoxy) is 2. The van der Waals surface area contributed by atoms with Gasteiger partial charge in [0.15, 0.2) is 6.61 Å². The molecule has 0 aliphatic rings. The van der Waals surface area contributed by atoms with Gasteiger partial charge in [-0.2, -0.15) is 0 Å². The molecule has 0 unspecified atom stereocenters. The number of rotatable bonds is 9. The first kappa shape index (κ1) is 24.3. The summed E-state index contributed by atoms with van der Waals surface area (Å²) in [5.41, 5.74) is 4.93. The largest absolute Gasteiger partial charge is 0.489 e. The minimum Gasteiger partial charge on any atom is -0.489 e. The SMILES string of the molecule is O=C(CCn1c(=O)[nH]c(=O)c2ccccc21)NNC(=O)COc1ccc(OCc2ccccc2)cc1. The summed E-state index contributed by atoms with van der Waals surface area (Å²) in [7, 11) is 0. The molecule has 0 saturated carbocycles. The van der Waals surface area contributed by atoms with Crippen molar-refractivity contribution < 1.29 is 19.1 Å². The van der Waals surface area contributed by atoms with Gasteiger partial charge in [-0.1, -0.05) is 42.5 Å². The maximum absolute atomic E-state index is 12.2. The average molecular weight is 489 g/mol. The van der Waals surface area contributed by atoms with Crippen molar-refractivity contribution in [2.75, 3.05) is 6.61 Å². The van der Waals surface area contributed by atoms with Crippen LogP contribution in [-0.2, 0) is 22.7 Å².